The Bertz CT molecular complexity index is 701. The minimum absolute atomic E-state index is 0.270. The molecule has 1 saturated carbocycles. The van der Waals surface area contributed by atoms with Crippen LogP contribution in [-0.2, 0) is 10.0 Å². The second-order valence-electron chi connectivity index (χ2n) is 6.39. The van der Waals surface area contributed by atoms with E-state index in [-0.39, 0.29) is 6.54 Å². The topological polar surface area (TPSA) is 82.6 Å². The highest BCUT2D eigenvalue weighted by Crippen LogP contribution is 2.28. The van der Waals surface area contributed by atoms with Gasteiger partial charge in [-0.3, -0.25) is 4.99 Å². The Morgan fingerprint density at radius 1 is 1.33 bits per heavy atom. The fraction of sp³-hybridized carbons (Fsp3) is 0.588. The zero-order chi connectivity index (χ0) is 17.7. The summed E-state index contributed by atoms with van der Waals surface area (Å²) in [5.74, 6) is 1.43. The van der Waals surface area contributed by atoms with Gasteiger partial charge in [-0.25, -0.2) is 13.1 Å². The quantitative estimate of drug-likeness (QED) is 0.395. The van der Waals surface area contributed by atoms with Crippen molar-refractivity contribution in [3.63, 3.8) is 0 Å². The van der Waals surface area contributed by atoms with Gasteiger partial charge in [-0.05, 0) is 50.3 Å². The van der Waals surface area contributed by atoms with E-state index in [1.54, 1.807) is 13.0 Å². The van der Waals surface area contributed by atoms with Crippen molar-refractivity contribution < 1.29 is 8.42 Å². The summed E-state index contributed by atoms with van der Waals surface area (Å²) < 4.78 is 27.5. The number of benzene rings is 1. The number of hydrogen-bond donors (Lipinski definition) is 3. The van der Waals surface area contributed by atoms with Crippen molar-refractivity contribution in [3.05, 3.63) is 29.3 Å². The molecular formula is C17H28N4O2S. The minimum atomic E-state index is -3.50. The van der Waals surface area contributed by atoms with Crippen LogP contribution < -0.4 is 15.4 Å². The lowest BCUT2D eigenvalue weighted by Crippen LogP contribution is -2.39. The Hall–Kier alpha value is -1.60. The number of nitrogens with zero attached hydrogens (tertiary/aromatic N) is 1. The summed E-state index contributed by atoms with van der Waals surface area (Å²) in [7, 11) is -3.50. The summed E-state index contributed by atoms with van der Waals surface area (Å²) in [6.45, 7) is 9.33. The van der Waals surface area contributed by atoms with Crippen LogP contribution in [0.1, 0.15) is 31.4 Å². The molecule has 24 heavy (non-hydrogen) atoms. The molecule has 0 aliphatic heterocycles. The Kier molecular flexibility index (Phi) is 6.23. The molecule has 0 spiro atoms. The molecule has 2 rings (SSSR count). The molecule has 6 nitrogen and oxygen atoms in total. The van der Waals surface area contributed by atoms with E-state index in [4.69, 9.17) is 0 Å². The van der Waals surface area contributed by atoms with Crippen molar-refractivity contribution in [2.75, 3.05) is 19.6 Å². The zero-order valence-corrected chi connectivity index (χ0v) is 15.7. The largest absolute Gasteiger partial charge is 0.357 e. The lowest BCUT2D eigenvalue weighted by Gasteiger charge is -2.12. The Morgan fingerprint density at radius 3 is 2.67 bits per heavy atom. The maximum absolute atomic E-state index is 12.4. The van der Waals surface area contributed by atoms with Crippen LogP contribution in [0.2, 0.25) is 0 Å². The molecule has 1 aromatic rings. The molecule has 2 unspecified atom stereocenters. The third kappa shape index (κ3) is 5.21. The van der Waals surface area contributed by atoms with Crippen molar-refractivity contribution in [1.82, 2.24) is 15.4 Å². The standard InChI is InChI=1S/C17H28N4O2S/c1-5-18-17(21-15-11-14(15)4)19-8-9-20-24(22,23)16-10-12(2)6-7-13(16)3/h6-7,10,14-15,20H,5,8-9,11H2,1-4H3,(H2,18,19,21). The van der Waals surface area contributed by atoms with Crippen LogP contribution >= 0.6 is 0 Å². The van der Waals surface area contributed by atoms with Crippen LogP contribution in [0.3, 0.4) is 0 Å². The molecule has 1 aliphatic rings. The summed E-state index contributed by atoms with van der Waals surface area (Å²) in [4.78, 5) is 4.77. The molecule has 0 aromatic heterocycles. The van der Waals surface area contributed by atoms with Gasteiger partial charge in [-0.15, -0.1) is 0 Å². The summed E-state index contributed by atoms with van der Waals surface area (Å²) in [5.41, 5.74) is 1.67. The number of nitrogens with one attached hydrogen (secondary N) is 3. The molecule has 3 N–H and O–H groups in total. The average Bonchev–Trinajstić information content (AvgIpc) is 3.21. The van der Waals surface area contributed by atoms with Crippen molar-refractivity contribution in [3.8, 4) is 0 Å². The highest BCUT2D eigenvalue weighted by molar-refractivity contribution is 7.89. The number of sulfonamides is 1. The number of aryl methyl sites for hydroxylation is 2. The van der Waals surface area contributed by atoms with E-state index in [9.17, 15) is 8.42 Å². The molecular weight excluding hydrogens is 324 g/mol. The first-order valence-electron chi connectivity index (χ1n) is 8.45. The van der Waals surface area contributed by atoms with Gasteiger partial charge in [0.05, 0.1) is 11.4 Å². The zero-order valence-electron chi connectivity index (χ0n) is 14.9. The van der Waals surface area contributed by atoms with Crippen molar-refractivity contribution in [1.29, 1.82) is 0 Å². The minimum Gasteiger partial charge on any atom is -0.357 e. The second-order valence-corrected chi connectivity index (χ2v) is 8.13. The van der Waals surface area contributed by atoms with Crippen molar-refractivity contribution >= 4 is 16.0 Å². The highest BCUT2D eigenvalue weighted by Gasteiger charge is 2.33. The molecule has 0 heterocycles. The van der Waals surface area contributed by atoms with Crippen LogP contribution in [0.15, 0.2) is 28.1 Å². The monoisotopic (exact) mass is 352 g/mol. The second kappa shape index (κ2) is 7.98. The van der Waals surface area contributed by atoms with Gasteiger partial charge in [-0.1, -0.05) is 19.1 Å². The SMILES string of the molecule is CCNC(=NCCNS(=O)(=O)c1cc(C)ccc1C)NC1CC1C. The van der Waals surface area contributed by atoms with Gasteiger partial charge in [0.15, 0.2) is 5.96 Å². The van der Waals surface area contributed by atoms with Crippen molar-refractivity contribution in [2.45, 2.75) is 45.1 Å². The van der Waals surface area contributed by atoms with Gasteiger partial charge in [0.2, 0.25) is 10.0 Å². The predicted molar refractivity (Wildman–Crippen MR) is 97.8 cm³/mol. The molecule has 7 heteroatoms. The molecule has 0 bridgehead atoms. The van der Waals surface area contributed by atoms with E-state index in [2.05, 4.69) is 27.3 Å². The van der Waals surface area contributed by atoms with Gasteiger partial charge in [0, 0.05) is 19.1 Å². The van der Waals surface area contributed by atoms with Crippen LogP contribution in [0.5, 0.6) is 0 Å². The Balaban J connectivity index is 1.91. The Labute approximate surface area is 145 Å². The van der Waals surface area contributed by atoms with Crippen LogP contribution in [-0.4, -0.2) is 40.1 Å². The summed E-state index contributed by atoms with van der Waals surface area (Å²) in [5, 5.41) is 6.53. The lowest BCUT2D eigenvalue weighted by atomic mass is 10.2. The first kappa shape index (κ1) is 18.7. The van der Waals surface area contributed by atoms with Gasteiger partial charge in [-0.2, -0.15) is 0 Å². The lowest BCUT2D eigenvalue weighted by molar-refractivity contribution is 0.581. The van der Waals surface area contributed by atoms with E-state index in [0.717, 1.165) is 30.1 Å². The van der Waals surface area contributed by atoms with Gasteiger partial charge < -0.3 is 10.6 Å². The fourth-order valence-corrected chi connectivity index (χ4v) is 3.79. The first-order chi connectivity index (χ1) is 11.3. The molecule has 0 saturated heterocycles. The average molecular weight is 353 g/mol. The smallest absolute Gasteiger partial charge is 0.240 e. The normalized spacial score (nSPS) is 20.8. The van der Waals surface area contributed by atoms with Gasteiger partial charge in [0.25, 0.3) is 0 Å². The van der Waals surface area contributed by atoms with Gasteiger partial charge in [0.1, 0.15) is 0 Å². The molecule has 0 radical (unpaired) electrons. The maximum Gasteiger partial charge on any atom is 0.240 e. The number of rotatable bonds is 7. The van der Waals surface area contributed by atoms with E-state index < -0.39 is 10.0 Å². The third-order valence-electron chi connectivity index (χ3n) is 4.08. The third-order valence-corrected chi connectivity index (χ3v) is 5.69. The van der Waals surface area contributed by atoms with Crippen LogP contribution in [0.25, 0.3) is 0 Å². The van der Waals surface area contributed by atoms with E-state index in [1.165, 1.54) is 0 Å². The molecule has 1 aromatic carbocycles. The predicted octanol–water partition coefficient (Wildman–Crippen LogP) is 1.55. The van der Waals surface area contributed by atoms with Crippen molar-refractivity contribution in [2.24, 2.45) is 10.9 Å². The van der Waals surface area contributed by atoms with Crippen LogP contribution in [0, 0.1) is 19.8 Å². The summed E-state index contributed by atoms with van der Waals surface area (Å²) >= 11 is 0. The molecule has 1 aliphatic carbocycles. The molecule has 2 atom stereocenters. The maximum atomic E-state index is 12.4. The fourth-order valence-electron chi connectivity index (χ4n) is 2.44. The van der Waals surface area contributed by atoms with Crippen LogP contribution in [0.4, 0.5) is 0 Å². The number of aliphatic imine (C=N–C) groups is 1. The first-order valence-corrected chi connectivity index (χ1v) is 9.93. The van der Waals surface area contributed by atoms with E-state index in [0.29, 0.717) is 23.4 Å². The van der Waals surface area contributed by atoms with E-state index in [1.807, 2.05) is 26.0 Å². The van der Waals surface area contributed by atoms with E-state index >= 15 is 0 Å². The highest BCUT2D eigenvalue weighted by atomic mass is 32.2. The molecule has 0 amide bonds. The molecule has 134 valence electrons. The van der Waals surface area contributed by atoms with Gasteiger partial charge >= 0.3 is 0 Å². The summed E-state index contributed by atoms with van der Waals surface area (Å²) in [6.07, 6.45) is 1.16. The number of hydrogen-bond acceptors (Lipinski definition) is 3. The molecule has 1 fully saturated rings. The summed E-state index contributed by atoms with van der Waals surface area (Å²) in [6, 6.07) is 5.91. The Morgan fingerprint density at radius 2 is 2.04 bits per heavy atom. The number of guanidine groups is 1.